The molecule has 0 atom stereocenters. The molecule has 0 saturated heterocycles. The second kappa shape index (κ2) is 21.4. The molecule has 0 bridgehead atoms. The van der Waals surface area contributed by atoms with Crippen molar-refractivity contribution in [2.24, 2.45) is 0 Å². The SMILES string of the molecule is CC(C)(C)c1cc(-c2ccc3c(c2)B2c4ccc(-n5c6ccccc6c6cc7c8ccccc8n(-c8ccccc8)c7cc65)cc4N(c4c(-c5ccccc5)cccc4-c4ccccc4)c4cc(C(C)(C)C)cc(c42)N3c2cccc3c2sc2ccccc23)cc(C(C)(C)C)c1. The molecule has 462 valence electrons. The summed E-state index contributed by atoms with van der Waals surface area (Å²) < 4.78 is 7.58. The summed E-state index contributed by atoms with van der Waals surface area (Å²) in [6.45, 7) is 21.1. The van der Waals surface area contributed by atoms with E-state index in [-0.39, 0.29) is 23.0 Å². The van der Waals surface area contributed by atoms with Crippen LogP contribution in [0.25, 0.3) is 109 Å². The average molecular weight is 1250 g/mol. The standard InChI is InChI=1S/C90H73BN4S/c1-88(2,3)60-47-59(48-61(50-60)89(4,5)6)58-43-46-77-74(49-58)91-73-45-44-64(93-76-40-23-20-34-68(76)72-54-71-67-33-19-22-39-75(67)92(79(71)55-80(72)93)63-31-17-12-18-32-63)53-81(73)95(86-65(56-27-13-10-14-28-56)36-25-37-66(86)57-29-15-11-16-30-57)83-52-62(90(7,8)9)51-82(85(83)91)94(77)78-41-26-38-70-69-35-21-24-42-84(69)96-87(70)78/h10-55H,1-9H3. The molecule has 6 heteroatoms. The van der Waals surface area contributed by atoms with Crippen LogP contribution < -0.4 is 26.2 Å². The molecule has 0 radical (unpaired) electrons. The Bertz CT molecular complexity index is 5760. The summed E-state index contributed by atoms with van der Waals surface area (Å²) in [6.07, 6.45) is 0. The maximum Gasteiger partial charge on any atom is 0.252 e. The Kier molecular flexibility index (Phi) is 12.9. The Morgan fingerprint density at radius 1 is 0.292 bits per heavy atom. The number of thiophene rings is 1. The van der Waals surface area contributed by atoms with Crippen LogP contribution in [0.2, 0.25) is 0 Å². The van der Waals surface area contributed by atoms with E-state index in [1.165, 1.54) is 120 Å². The third kappa shape index (κ3) is 9.02. The molecule has 0 N–H and O–H groups in total. The number of rotatable bonds is 7. The minimum atomic E-state index is -0.255. The zero-order valence-corrected chi connectivity index (χ0v) is 56.6. The van der Waals surface area contributed by atoms with Gasteiger partial charge in [-0.1, -0.05) is 263 Å². The first kappa shape index (κ1) is 58.0. The van der Waals surface area contributed by atoms with Crippen LogP contribution in [0.1, 0.15) is 79.0 Å². The van der Waals surface area contributed by atoms with Crippen molar-refractivity contribution in [3.8, 4) is 44.8 Å². The first-order valence-electron chi connectivity index (χ1n) is 33.9. The topological polar surface area (TPSA) is 16.3 Å². The van der Waals surface area contributed by atoms with Crippen LogP contribution in [0.4, 0.5) is 34.1 Å². The summed E-state index contributed by atoms with van der Waals surface area (Å²) in [5.41, 5.74) is 28.5. The van der Waals surface area contributed by atoms with Gasteiger partial charge in [0.15, 0.2) is 0 Å². The normalized spacial score (nSPS) is 13.2. The molecule has 0 spiro atoms. The smallest absolute Gasteiger partial charge is 0.252 e. The Balaban J connectivity index is 0.990. The van der Waals surface area contributed by atoms with Gasteiger partial charge in [-0.05, 0) is 150 Å². The Labute approximate surface area is 566 Å². The van der Waals surface area contributed by atoms with Crippen molar-refractivity contribution in [1.82, 2.24) is 9.13 Å². The molecule has 3 aromatic heterocycles. The monoisotopic (exact) mass is 1250 g/mol. The molecule has 0 amide bonds. The molecule has 0 unspecified atom stereocenters. The largest absolute Gasteiger partial charge is 0.310 e. The van der Waals surface area contributed by atoms with Crippen molar-refractivity contribution in [3.63, 3.8) is 0 Å². The van der Waals surface area contributed by atoms with Gasteiger partial charge in [0.2, 0.25) is 0 Å². The van der Waals surface area contributed by atoms with Crippen molar-refractivity contribution < 1.29 is 0 Å². The molecule has 16 aromatic rings. The lowest BCUT2D eigenvalue weighted by atomic mass is 9.33. The summed E-state index contributed by atoms with van der Waals surface area (Å²) in [5, 5.41) is 7.49. The highest BCUT2D eigenvalue weighted by molar-refractivity contribution is 7.26. The highest BCUT2D eigenvalue weighted by atomic mass is 32.1. The molecule has 18 rings (SSSR count). The number of hydrogen-bond donors (Lipinski definition) is 0. The molecule has 13 aromatic carbocycles. The molecule has 2 aliphatic rings. The van der Waals surface area contributed by atoms with Crippen molar-refractivity contribution in [1.29, 1.82) is 0 Å². The number of fused-ring (bicyclic) bond motifs is 13. The maximum absolute atomic E-state index is 2.71. The zero-order valence-electron chi connectivity index (χ0n) is 55.8. The van der Waals surface area contributed by atoms with Gasteiger partial charge in [0.1, 0.15) is 0 Å². The van der Waals surface area contributed by atoms with Crippen LogP contribution in [0, 0.1) is 0 Å². The van der Waals surface area contributed by atoms with E-state index in [2.05, 4.69) is 360 Å². The minimum Gasteiger partial charge on any atom is -0.310 e. The highest BCUT2D eigenvalue weighted by Gasteiger charge is 2.46. The molecule has 2 aliphatic heterocycles. The zero-order chi connectivity index (χ0) is 65.1. The molecule has 96 heavy (non-hydrogen) atoms. The van der Waals surface area contributed by atoms with E-state index in [0.29, 0.717) is 0 Å². The van der Waals surface area contributed by atoms with Crippen molar-refractivity contribution in [3.05, 3.63) is 296 Å². The minimum absolute atomic E-state index is 0.0661. The first-order valence-corrected chi connectivity index (χ1v) is 34.7. The van der Waals surface area contributed by atoms with Gasteiger partial charge in [0, 0.05) is 82.3 Å². The van der Waals surface area contributed by atoms with Gasteiger partial charge in [-0.2, -0.15) is 0 Å². The number of hydrogen-bond acceptors (Lipinski definition) is 3. The van der Waals surface area contributed by atoms with Gasteiger partial charge >= 0.3 is 0 Å². The predicted octanol–water partition coefficient (Wildman–Crippen LogP) is 23.2. The summed E-state index contributed by atoms with van der Waals surface area (Å²) in [7, 11) is 0. The molecular weight excluding hydrogens is 1180 g/mol. The summed E-state index contributed by atoms with van der Waals surface area (Å²) in [5.74, 6) is 0. The Morgan fingerprint density at radius 2 is 0.812 bits per heavy atom. The average Bonchev–Trinajstić information content (AvgIpc) is 0.913. The van der Waals surface area contributed by atoms with Crippen LogP contribution in [0.5, 0.6) is 0 Å². The third-order valence-electron chi connectivity index (χ3n) is 20.7. The van der Waals surface area contributed by atoms with Gasteiger partial charge in [-0.25, -0.2) is 0 Å². The third-order valence-corrected chi connectivity index (χ3v) is 21.9. The number of nitrogens with zero attached hydrogens (tertiary/aromatic N) is 4. The highest BCUT2D eigenvalue weighted by Crippen LogP contribution is 2.54. The lowest BCUT2D eigenvalue weighted by molar-refractivity contribution is 0.569. The maximum atomic E-state index is 2.71. The Hall–Kier alpha value is -10.7. The van der Waals surface area contributed by atoms with Gasteiger partial charge in [-0.15, -0.1) is 11.3 Å². The van der Waals surface area contributed by atoms with E-state index >= 15 is 0 Å². The fourth-order valence-corrected chi connectivity index (χ4v) is 17.1. The van der Waals surface area contributed by atoms with Gasteiger partial charge in [0.25, 0.3) is 6.71 Å². The molecule has 0 fully saturated rings. The second-order valence-corrected chi connectivity index (χ2v) is 30.8. The number of anilines is 6. The number of para-hydroxylation sites is 4. The van der Waals surface area contributed by atoms with Gasteiger partial charge < -0.3 is 18.9 Å². The number of benzene rings is 13. The molecular formula is C90H73BN4S. The van der Waals surface area contributed by atoms with E-state index in [4.69, 9.17) is 0 Å². The second-order valence-electron chi connectivity index (χ2n) is 29.7. The Morgan fingerprint density at radius 3 is 1.43 bits per heavy atom. The predicted molar refractivity (Wildman–Crippen MR) is 414 cm³/mol. The van der Waals surface area contributed by atoms with Crippen molar-refractivity contribution >= 4 is 132 Å². The summed E-state index contributed by atoms with van der Waals surface area (Å²) in [6, 6.07) is 106. The molecule has 0 saturated carbocycles. The summed E-state index contributed by atoms with van der Waals surface area (Å²) >= 11 is 1.91. The summed E-state index contributed by atoms with van der Waals surface area (Å²) in [4.78, 5) is 5.38. The van der Waals surface area contributed by atoms with Crippen molar-refractivity contribution in [2.45, 2.75) is 78.6 Å². The van der Waals surface area contributed by atoms with Crippen molar-refractivity contribution in [2.75, 3.05) is 9.80 Å². The van der Waals surface area contributed by atoms with E-state index in [0.717, 1.165) is 56.0 Å². The molecule has 0 aliphatic carbocycles. The van der Waals surface area contributed by atoms with Gasteiger partial charge in [0.05, 0.1) is 38.1 Å². The van der Waals surface area contributed by atoms with Gasteiger partial charge in [-0.3, -0.25) is 0 Å². The van der Waals surface area contributed by atoms with Crippen LogP contribution in [0.15, 0.2) is 279 Å². The van der Waals surface area contributed by atoms with E-state index in [9.17, 15) is 0 Å². The first-order chi connectivity index (χ1) is 46.5. The lowest BCUT2D eigenvalue weighted by Gasteiger charge is -2.46. The van der Waals surface area contributed by atoms with E-state index in [1.807, 2.05) is 11.3 Å². The van der Waals surface area contributed by atoms with Crippen LogP contribution in [-0.2, 0) is 16.2 Å². The van der Waals surface area contributed by atoms with Crippen LogP contribution in [-0.4, -0.2) is 15.8 Å². The van der Waals surface area contributed by atoms with Crippen LogP contribution in [0.3, 0.4) is 0 Å². The fourth-order valence-electron chi connectivity index (χ4n) is 15.9. The molecule has 4 nitrogen and oxygen atoms in total. The van der Waals surface area contributed by atoms with E-state index in [1.54, 1.807) is 0 Å². The molecule has 5 heterocycles. The quantitative estimate of drug-likeness (QED) is 0.148. The fraction of sp³-hybridized carbons (Fsp3) is 0.133. The van der Waals surface area contributed by atoms with Crippen LogP contribution >= 0.6 is 11.3 Å². The lowest BCUT2D eigenvalue weighted by Crippen LogP contribution is -2.61. The number of aromatic nitrogens is 2. The van der Waals surface area contributed by atoms with E-state index < -0.39 is 0 Å².